The number of fused-ring (bicyclic) bond motifs is 3. The molecule has 0 spiro atoms. The van der Waals surface area contributed by atoms with Gasteiger partial charge < -0.3 is 14.4 Å². The van der Waals surface area contributed by atoms with Gasteiger partial charge in [-0.2, -0.15) is 4.73 Å². The van der Waals surface area contributed by atoms with Gasteiger partial charge >= 0.3 is 5.97 Å². The summed E-state index contributed by atoms with van der Waals surface area (Å²) in [6, 6.07) is 4.03. The van der Waals surface area contributed by atoms with Gasteiger partial charge in [0.2, 0.25) is 17.0 Å². The van der Waals surface area contributed by atoms with Crippen molar-refractivity contribution in [2.75, 3.05) is 6.61 Å². The van der Waals surface area contributed by atoms with E-state index in [1.54, 1.807) is 13.8 Å². The van der Waals surface area contributed by atoms with Crippen molar-refractivity contribution >= 4 is 27.9 Å². The van der Waals surface area contributed by atoms with Crippen LogP contribution in [0.2, 0.25) is 0 Å². The molecule has 2 aromatic heterocycles. The first-order valence-electron chi connectivity index (χ1n) is 6.87. The third-order valence-electron chi connectivity index (χ3n) is 3.68. The summed E-state index contributed by atoms with van der Waals surface area (Å²) < 4.78 is 24.9. The molecular weight excluding hydrogens is 289 g/mol. The molecule has 0 atom stereocenters. The number of esters is 1. The third-order valence-corrected chi connectivity index (χ3v) is 3.68. The van der Waals surface area contributed by atoms with Crippen LogP contribution in [0.25, 0.3) is 21.9 Å². The van der Waals surface area contributed by atoms with Gasteiger partial charge in [-0.15, -0.1) is 0 Å². The summed E-state index contributed by atoms with van der Waals surface area (Å²) >= 11 is 0. The number of furan rings is 1. The van der Waals surface area contributed by atoms with Crippen molar-refractivity contribution in [2.24, 2.45) is 0 Å². The number of hydrogen-bond acceptors (Lipinski definition) is 4. The van der Waals surface area contributed by atoms with E-state index in [9.17, 15) is 14.4 Å². The van der Waals surface area contributed by atoms with Gasteiger partial charge in [-0.3, -0.25) is 0 Å². The lowest BCUT2D eigenvalue weighted by atomic mass is 10.0. The number of halogens is 1. The van der Waals surface area contributed by atoms with Crippen LogP contribution >= 0.6 is 0 Å². The normalized spacial score (nSPS) is 11.3. The number of aromatic nitrogens is 1. The number of ether oxygens (including phenoxy) is 1. The summed E-state index contributed by atoms with van der Waals surface area (Å²) in [7, 11) is 0. The van der Waals surface area contributed by atoms with Crippen molar-refractivity contribution < 1.29 is 23.1 Å². The molecule has 0 aliphatic carbocycles. The van der Waals surface area contributed by atoms with Crippen LogP contribution in [-0.4, -0.2) is 12.6 Å². The average molecular weight is 303 g/mol. The Morgan fingerprint density at radius 2 is 2.09 bits per heavy atom. The SMILES string of the molecule is CCOC(=O)c1c(C)[n+]([O-])c(C)c2oc3ccc(F)cc3c12. The van der Waals surface area contributed by atoms with Crippen LogP contribution in [-0.2, 0) is 4.74 Å². The van der Waals surface area contributed by atoms with E-state index < -0.39 is 11.8 Å². The summed E-state index contributed by atoms with van der Waals surface area (Å²) in [6.45, 7) is 4.98. The highest BCUT2D eigenvalue weighted by Crippen LogP contribution is 2.34. The summed E-state index contributed by atoms with van der Waals surface area (Å²) in [5.74, 6) is -1.07. The van der Waals surface area contributed by atoms with E-state index in [0.717, 1.165) is 0 Å². The number of aryl methyl sites for hydroxylation is 1. The van der Waals surface area contributed by atoms with Crippen LogP contribution in [0.5, 0.6) is 0 Å². The van der Waals surface area contributed by atoms with E-state index in [2.05, 4.69) is 0 Å². The maximum atomic E-state index is 13.6. The molecule has 0 amide bonds. The number of carbonyl (C=O) groups excluding carboxylic acids is 1. The van der Waals surface area contributed by atoms with Crippen LogP contribution < -0.4 is 4.73 Å². The van der Waals surface area contributed by atoms with Gasteiger partial charge in [0.1, 0.15) is 17.0 Å². The van der Waals surface area contributed by atoms with Crippen molar-refractivity contribution in [3.05, 3.63) is 46.2 Å². The molecule has 0 fully saturated rings. The first-order valence-corrected chi connectivity index (χ1v) is 6.87. The Kier molecular flexibility index (Phi) is 3.24. The Bertz CT molecular complexity index is 914. The van der Waals surface area contributed by atoms with Gasteiger partial charge in [-0.1, -0.05) is 0 Å². The fraction of sp³-hybridized carbons (Fsp3) is 0.250. The Hall–Kier alpha value is -2.63. The first kappa shape index (κ1) is 14.3. The largest absolute Gasteiger partial charge is 0.618 e. The van der Waals surface area contributed by atoms with Gasteiger partial charge in [-0.25, -0.2) is 9.18 Å². The van der Waals surface area contributed by atoms with E-state index in [1.807, 2.05) is 0 Å². The summed E-state index contributed by atoms with van der Waals surface area (Å²) in [5.41, 5.74) is 1.31. The Morgan fingerprint density at radius 1 is 1.36 bits per heavy atom. The second-order valence-electron chi connectivity index (χ2n) is 5.01. The standard InChI is InChI=1S/C16H14FNO4/c1-4-21-16(19)13-8(2)18(20)9(3)15-14(13)11-7-10(17)5-6-12(11)22-15/h5-7H,4H2,1-3H3. The predicted octanol–water partition coefficient (Wildman–Crippen LogP) is 3.15. The smallest absolute Gasteiger partial charge is 0.345 e. The molecule has 3 rings (SSSR count). The Balaban J connectivity index is 2.53. The minimum Gasteiger partial charge on any atom is -0.618 e. The van der Waals surface area contributed by atoms with E-state index in [0.29, 0.717) is 26.8 Å². The molecule has 1 aromatic carbocycles. The van der Waals surface area contributed by atoms with Crippen LogP contribution in [0, 0.1) is 24.9 Å². The van der Waals surface area contributed by atoms with E-state index >= 15 is 0 Å². The number of pyridine rings is 1. The van der Waals surface area contributed by atoms with Crippen molar-refractivity contribution in [2.45, 2.75) is 20.8 Å². The molecule has 0 aliphatic rings. The number of carbonyl (C=O) groups is 1. The van der Waals surface area contributed by atoms with Gasteiger partial charge in [0, 0.05) is 19.2 Å². The maximum absolute atomic E-state index is 13.6. The van der Waals surface area contributed by atoms with Crippen molar-refractivity contribution in [1.29, 1.82) is 0 Å². The lowest BCUT2D eigenvalue weighted by Gasteiger charge is -2.10. The van der Waals surface area contributed by atoms with E-state index in [-0.39, 0.29) is 23.4 Å². The molecule has 114 valence electrons. The molecular formula is C16H14FNO4. The number of rotatable bonds is 2. The van der Waals surface area contributed by atoms with Crippen LogP contribution in [0.4, 0.5) is 4.39 Å². The summed E-state index contributed by atoms with van der Waals surface area (Å²) in [6.07, 6.45) is 0. The van der Waals surface area contributed by atoms with Gasteiger partial charge in [0.05, 0.1) is 12.0 Å². The van der Waals surface area contributed by atoms with Gasteiger partial charge in [-0.05, 0) is 25.1 Å². The molecule has 0 bridgehead atoms. The lowest BCUT2D eigenvalue weighted by molar-refractivity contribution is -0.618. The Morgan fingerprint density at radius 3 is 2.77 bits per heavy atom. The average Bonchev–Trinajstić information content (AvgIpc) is 2.84. The third kappa shape index (κ3) is 1.91. The second-order valence-corrected chi connectivity index (χ2v) is 5.01. The molecule has 3 aromatic rings. The number of nitrogens with zero attached hydrogens (tertiary/aromatic N) is 1. The molecule has 0 unspecified atom stereocenters. The van der Waals surface area contributed by atoms with Crippen LogP contribution in [0.3, 0.4) is 0 Å². The predicted molar refractivity (Wildman–Crippen MR) is 78.1 cm³/mol. The Labute approximate surface area is 125 Å². The van der Waals surface area contributed by atoms with E-state index in [1.165, 1.54) is 25.1 Å². The number of benzene rings is 1. The van der Waals surface area contributed by atoms with Crippen LogP contribution in [0.1, 0.15) is 28.7 Å². The maximum Gasteiger partial charge on any atom is 0.345 e. The molecule has 0 saturated carbocycles. The highest BCUT2D eigenvalue weighted by atomic mass is 19.1. The molecule has 22 heavy (non-hydrogen) atoms. The highest BCUT2D eigenvalue weighted by Gasteiger charge is 2.28. The molecule has 0 saturated heterocycles. The lowest BCUT2D eigenvalue weighted by Crippen LogP contribution is -2.36. The van der Waals surface area contributed by atoms with Crippen molar-refractivity contribution in [1.82, 2.24) is 0 Å². The zero-order valence-corrected chi connectivity index (χ0v) is 12.4. The van der Waals surface area contributed by atoms with Gasteiger partial charge in [0.25, 0.3) is 0 Å². The minimum absolute atomic E-state index is 0.113. The monoisotopic (exact) mass is 303 g/mol. The van der Waals surface area contributed by atoms with Crippen LogP contribution in [0.15, 0.2) is 22.6 Å². The highest BCUT2D eigenvalue weighted by molar-refractivity contribution is 6.15. The molecule has 0 N–H and O–H groups in total. The van der Waals surface area contributed by atoms with Crippen molar-refractivity contribution in [3.8, 4) is 0 Å². The second kappa shape index (κ2) is 4.98. The van der Waals surface area contributed by atoms with E-state index in [4.69, 9.17) is 9.15 Å². The fourth-order valence-electron chi connectivity index (χ4n) is 2.65. The molecule has 6 heteroatoms. The molecule has 0 radical (unpaired) electrons. The molecule has 0 aliphatic heterocycles. The summed E-state index contributed by atoms with van der Waals surface area (Å²) in [5, 5.41) is 13.1. The van der Waals surface area contributed by atoms with Crippen molar-refractivity contribution in [3.63, 3.8) is 0 Å². The summed E-state index contributed by atoms with van der Waals surface area (Å²) in [4.78, 5) is 12.3. The molecule has 5 nitrogen and oxygen atoms in total. The quantitative estimate of drug-likeness (QED) is 0.414. The zero-order chi connectivity index (χ0) is 16.0. The zero-order valence-electron chi connectivity index (χ0n) is 12.4. The minimum atomic E-state index is -0.624. The fourth-order valence-corrected chi connectivity index (χ4v) is 2.65. The topological polar surface area (TPSA) is 66.4 Å². The number of hydrogen-bond donors (Lipinski definition) is 0. The molecule has 2 heterocycles. The van der Waals surface area contributed by atoms with Gasteiger partial charge in [0.15, 0.2) is 0 Å². The first-order chi connectivity index (χ1) is 10.5.